The van der Waals surface area contributed by atoms with Gasteiger partial charge in [-0.2, -0.15) is 5.10 Å². The maximum Gasteiger partial charge on any atom is 0.307 e. The molecule has 0 aliphatic carbocycles. The van der Waals surface area contributed by atoms with Crippen molar-refractivity contribution in [2.24, 2.45) is 0 Å². The van der Waals surface area contributed by atoms with Gasteiger partial charge in [-0.25, -0.2) is 0 Å². The van der Waals surface area contributed by atoms with Crippen molar-refractivity contribution < 1.29 is 19.9 Å². The van der Waals surface area contributed by atoms with E-state index >= 15 is 0 Å². The monoisotopic (exact) mass is 258 g/mol. The number of carbonyl (C=O) groups excluding carboxylic acids is 1. The SMILES string of the molecule is O=C(Cn1cc([N+](=O)[O-])cn1)N(CCO)CCO. The molecular weight excluding hydrogens is 244 g/mol. The first kappa shape index (κ1) is 14.1. The standard InChI is InChI=1S/C9H14N4O5/c14-3-1-11(2-4-15)9(16)7-12-6-8(5-10-12)13(17)18/h5-6,14-15H,1-4,7H2. The molecule has 1 heterocycles. The highest BCUT2D eigenvalue weighted by molar-refractivity contribution is 5.75. The molecule has 0 atom stereocenters. The average Bonchev–Trinajstić information content (AvgIpc) is 2.77. The number of amides is 1. The van der Waals surface area contributed by atoms with E-state index in [2.05, 4.69) is 5.10 Å². The van der Waals surface area contributed by atoms with Crippen LogP contribution in [0.1, 0.15) is 0 Å². The van der Waals surface area contributed by atoms with Crippen LogP contribution in [0, 0.1) is 10.1 Å². The topological polar surface area (TPSA) is 122 Å². The van der Waals surface area contributed by atoms with Crippen molar-refractivity contribution in [2.75, 3.05) is 26.3 Å². The summed E-state index contributed by atoms with van der Waals surface area (Å²) in [5.41, 5.74) is -0.196. The first-order chi connectivity index (χ1) is 8.58. The van der Waals surface area contributed by atoms with Gasteiger partial charge in [0.15, 0.2) is 0 Å². The lowest BCUT2D eigenvalue weighted by Gasteiger charge is -2.20. The molecule has 1 aromatic rings. The maximum atomic E-state index is 11.7. The van der Waals surface area contributed by atoms with Gasteiger partial charge in [0.25, 0.3) is 0 Å². The zero-order valence-corrected chi connectivity index (χ0v) is 9.60. The van der Waals surface area contributed by atoms with Crippen LogP contribution in [-0.4, -0.2) is 62.0 Å². The van der Waals surface area contributed by atoms with E-state index in [1.165, 1.54) is 4.90 Å². The molecule has 9 heteroatoms. The predicted molar refractivity (Wildman–Crippen MR) is 59.6 cm³/mol. The molecule has 0 aliphatic heterocycles. The minimum absolute atomic E-state index is 0.1000. The molecule has 0 fully saturated rings. The van der Waals surface area contributed by atoms with Gasteiger partial charge in [0.05, 0.1) is 18.1 Å². The van der Waals surface area contributed by atoms with Gasteiger partial charge >= 0.3 is 5.69 Å². The van der Waals surface area contributed by atoms with Gasteiger partial charge < -0.3 is 15.1 Å². The minimum Gasteiger partial charge on any atom is -0.395 e. The van der Waals surface area contributed by atoms with Gasteiger partial charge in [0.1, 0.15) is 18.9 Å². The van der Waals surface area contributed by atoms with Crippen LogP contribution in [0.5, 0.6) is 0 Å². The van der Waals surface area contributed by atoms with Crippen LogP contribution >= 0.6 is 0 Å². The molecule has 0 unspecified atom stereocenters. The lowest BCUT2D eigenvalue weighted by Crippen LogP contribution is -2.38. The molecule has 0 spiro atoms. The quantitative estimate of drug-likeness (QED) is 0.458. The van der Waals surface area contributed by atoms with Crippen LogP contribution in [0.15, 0.2) is 12.4 Å². The Kier molecular flexibility index (Phi) is 5.21. The van der Waals surface area contributed by atoms with E-state index < -0.39 is 4.92 Å². The third-order valence-electron chi connectivity index (χ3n) is 2.22. The fourth-order valence-electron chi connectivity index (χ4n) is 1.37. The Morgan fingerprint density at radius 3 is 2.50 bits per heavy atom. The highest BCUT2D eigenvalue weighted by Crippen LogP contribution is 2.07. The molecule has 0 radical (unpaired) electrons. The van der Waals surface area contributed by atoms with Gasteiger partial charge in [0.2, 0.25) is 5.91 Å². The summed E-state index contributed by atoms with van der Waals surface area (Å²) in [5, 5.41) is 31.6. The molecule has 1 amide bonds. The van der Waals surface area contributed by atoms with Crippen LogP contribution in [0.25, 0.3) is 0 Å². The number of hydrogen-bond acceptors (Lipinski definition) is 6. The van der Waals surface area contributed by atoms with Gasteiger partial charge in [-0.1, -0.05) is 0 Å². The molecule has 100 valence electrons. The van der Waals surface area contributed by atoms with Crippen LogP contribution in [0.4, 0.5) is 5.69 Å². The number of aromatic nitrogens is 2. The summed E-state index contributed by atoms with van der Waals surface area (Å²) in [4.78, 5) is 22.8. The molecule has 0 saturated heterocycles. The normalized spacial score (nSPS) is 10.3. The number of aliphatic hydroxyl groups is 2. The third-order valence-corrected chi connectivity index (χ3v) is 2.22. The number of carbonyl (C=O) groups is 1. The van der Waals surface area contributed by atoms with E-state index in [9.17, 15) is 14.9 Å². The van der Waals surface area contributed by atoms with E-state index in [-0.39, 0.29) is 44.4 Å². The van der Waals surface area contributed by atoms with E-state index in [0.29, 0.717) is 0 Å². The lowest BCUT2D eigenvalue weighted by atomic mass is 10.4. The fourth-order valence-corrected chi connectivity index (χ4v) is 1.37. The number of nitrogens with zero attached hydrogens (tertiary/aromatic N) is 4. The van der Waals surface area contributed by atoms with Crippen LogP contribution in [-0.2, 0) is 11.3 Å². The summed E-state index contributed by atoms with van der Waals surface area (Å²) in [6.45, 7) is -0.407. The summed E-state index contributed by atoms with van der Waals surface area (Å²) >= 11 is 0. The van der Waals surface area contributed by atoms with Crippen LogP contribution < -0.4 is 0 Å². The first-order valence-electron chi connectivity index (χ1n) is 5.24. The predicted octanol–water partition coefficient (Wildman–Crippen LogP) is -1.40. The third kappa shape index (κ3) is 3.79. The van der Waals surface area contributed by atoms with E-state index in [4.69, 9.17) is 10.2 Å². The van der Waals surface area contributed by atoms with Crippen LogP contribution in [0.2, 0.25) is 0 Å². The van der Waals surface area contributed by atoms with Crippen LogP contribution in [0.3, 0.4) is 0 Å². The van der Waals surface area contributed by atoms with Crippen molar-refractivity contribution in [1.82, 2.24) is 14.7 Å². The molecule has 9 nitrogen and oxygen atoms in total. The summed E-state index contributed by atoms with van der Waals surface area (Å²) in [6.07, 6.45) is 2.20. The van der Waals surface area contributed by atoms with E-state index in [0.717, 1.165) is 17.1 Å². The second kappa shape index (κ2) is 6.67. The highest BCUT2D eigenvalue weighted by Gasteiger charge is 2.15. The van der Waals surface area contributed by atoms with Crippen molar-refractivity contribution in [3.8, 4) is 0 Å². The fraction of sp³-hybridized carbons (Fsp3) is 0.556. The molecule has 0 saturated carbocycles. The van der Waals surface area contributed by atoms with Crippen molar-refractivity contribution in [1.29, 1.82) is 0 Å². The zero-order chi connectivity index (χ0) is 13.5. The minimum atomic E-state index is -0.604. The molecule has 18 heavy (non-hydrogen) atoms. The largest absolute Gasteiger partial charge is 0.395 e. The molecule has 0 aromatic carbocycles. The molecule has 1 aromatic heterocycles. The number of rotatable bonds is 7. The lowest BCUT2D eigenvalue weighted by molar-refractivity contribution is -0.385. The van der Waals surface area contributed by atoms with E-state index in [1.54, 1.807) is 0 Å². The number of nitro groups is 1. The molecular formula is C9H14N4O5. The smallest absolute Gasteiger partial charge is 0.307 e. The Labute approximate surface area is 102 Å². The summed E-state index contributed by atoms with van der Waals surface area (Å²) in [5.74, 6) is -0.379. The summed E-state index contributed by atoms with van der Waals surface area (Å²) in [7, 11) is 0. The Morgan fingerprint density at radius 1 is 1.44 bits per heavy atom. The van der Waals surface area contributed by atoms with Gasteiger partial charge in [-0.15, -0.1) is 0 Å². The van der Waals surface area contributed by atoms with E-state index in [1.807, 2.05) is 0 Å². The second-order valence-corrected chi connectivity index (χ2v) is 3.48. The van der Waals surface area contributed by atoms with Gasteiger partial charge in [0, 0.05) is 13.1 Å². The molecule has 1 rings (SSSR count). The Bertz CT molecular complexity index is 413. The zero-order valence-electron chi connectivity index (χ0n) is 9.60. The highest BCUT2D eigenvalue weighted by atomic mass is 16.6. The summed E-state index contributed by atoms with van der Waals surface area (Å²) < 4.78 is 1.14. The summed E-state index contributed by atoms with van der Waals surface area (Å²) in [6, 6.07) is 0. The molecule has 0 bridgehead atoms. The van der Waals surface area contributed by atoms with Crippen molar-refractivity contribution in [3.05, 3.63) is 22.5 Å². The molecule has 0 aliphatic rings. The van der Waals surface area contributed by atoms with Gasteiger partial charge in [-0.3, -0.25) is 19.6 Å². The first-order valence-corrected chi connectivity index (χ1v) is 5.24. The van der Waals surface area contributed by atoms with Gasteiger partial charge in [-0.05, 0) is 0 Å². The van der Waals surface area contributed by atoms with Crippen molar-refractivity contribution in [3.63, 3.8) is 0 Å². The maximum absolute atomic E-state index is 11.7. The van der Waals surface area contributed by atoms with Crippen molar-refractivity contribution in [2.45, 2.75) is 6.54 Å². The number of hydrogen-bond donors (Lipinski definition) is 2. The Hall–Kier alpha value is -2.00. The Morgan fingerprint density at radius 2 is 2.06 bits per heavy atom. The van der Waals surface area contributed by atoms with Crippen molar-refractivity contribution >= 4 is 11.6 Å². The average molecular weight is 258 g/mol. The Balaban J connectivity index is 2.63. The molecule has 2 N–H and O–H groups in total. The number of aliphatic hydroxyl groups excluding tert-OH is 2. The second-order valence-electron chi connectivity index (χ2n) is 3.48.